The molecule has 84 valence electrons. The van der Waals surface area contributed by atoms with Crippen LogP contribution >= 0.6 is 0 Å². The maximum Gasteiger partial charge on any atom is 0.221 e. The molecule has 0 spiro atoms. The molecule has 0 bridgehead atoms. The van der Waals surface area contributed by atoms with Gasteiger partial charge < -0.3 is 15.6 Å². The van der Waals surface area contributed by atoms with Crippen LogP contribution in [0.3, 0.4) is 0 Å². The highest BCUT2D eigenvalue weighted by Crippen LogP contribution is 2.02. The normalized spacial score (nSPS) is 11.4. The lowest BCUT2D eigenvalue weighted by molar-refractivity contribution is -0.122. The summed E-state index contributed by atoms with van der Waals surface area (Å²) in [4.78, 5) is 15.3. The number of hydrogen-bond donors (Lipinski definition) is 2. The molecule has 0 aliphatic heterocycles. The summed E-state index contributed by atoms with van der Waals surface area (Å²) in [6, 6.07) is 0. The number of amides is 1. The minimum absolute atomic E-state index is 0.0115. The summed E-state index contributed by atoms with van der Waals surface area (Å²) in [5.74, 6) is -0.0115. The van der Waals surface area contributed by atoms with E-state index in [9.17, 15) is 4.79 Å². The molecule has 3 N–H and O–H groups in total. The van der Waals surface area contributed by atoms with Crippen molar-refractivity contribution in [1.82, 2.24) is 14.9 Å². The molecule has 5 nitrogen and oxygen atoms in total. The Morgan fingerprint density at radius 3 is 2.87 bits per heavy atom. The van der Waals surface area contributed by atoms with E-state index in [0.717, 1.165) is 6.54 Å². The number of nitrogens with two attached hydrogens (primary N) is 1. The molecular weight excluding hydrogens is 192 g/mol. The van der Waals surface area contributed by atoms with Gasteiger partial charge in [0.15, 0.2) is 0 Å². The van der Waals surface area contributed by atoms with E-state index in [0.29, 0.717) is 13.0 Å². The number of aromatic nitrogens is 2. The predicted molar refractivity (Wildman–Crippen MR) is 58.1 cm³/mol. The number of imidazole rings is 1. The standard InChI is InChI=1S/C10H18N4O/c1-10(2,11)7-9(15)13-4-6-14-5-3-12-8-14/h3,5,8H,4,6-7,11H2,1-2H3,(H,13,15). The van der Waals surface area contributed by atoms with Gasteiger partial charge in [0.05, 0.1) is 6.33 Å². The third kappa shape index (κ3) is 5.17. The Labute approximate surface area is 89.7 Å². The van der Waals surface area contributed by atoms with Crippen LogP contribution in [-0.4, -0.2) is 27.5 Å². The molecule has 0 aromatic carbocycles. The van der Waals surface area contributed by atoms with Gasteiger partial charge >= 0.3 is 0 Å². The molecule has 0 saturated heterocycles. The average molecular weight is 210 g/mol. The van der Waals surface area contributed by atoms with Crippen molar-refractivity contribution in [2.45, 2.75) is 32.4 Å². The second kappa shape index (κ2) is 4.93. The summed E-state index contributed by atoms with van der Waals surface area (Å²) in [5, 5.41) is 2.81. The zero-order chi connectivity index (χ0) is 11.3. The van der Waals surface area contributed by atoms with Crippen LogP contribution in [0.5, 0.6) is 0 Å². The van der Waals surface area contributed by atoms with Gasteiger partial charge in [0, 0.05) is 37.4 Å². The summed E-state index contributed by atoms with van der Waals surface area (Å²) in [6.07, 6.45) is 5.64. The number of nitrogens with zero attached hydrogens (tertiary/aromatic N) is 2. The molecule has 1 heterocycles. The molecule has 5 heteroatoms. The zero-order valence-electron chi connectivity index (χ0n) is 9.23. The number of carbonyl (C=O) groups is 1. The Hall–Kier alpha value is -1.36. The Morgan fingerprint density at radius 2 is 2.33 bits per heavy atom. The van der Waals surface area contributed by atoms with E-state index in [1.165, 1.54) is 0 Å². The molecule has 1 rings (SSSR count). The molecular formula is C10H18N4O. The average Bonchev–Trinajstić information content (AvgIpc) is 2.53. The lowest BCUT2D eigenvalue weighted by Gasteiger charge is -2.17. The van der Waals surface area contributed by atoms with Crippen LogP contribution in [0.1, 0.15) is 20.3 Å². The molecule has 0 fully saturated rings. The molecule has 1 aromatic rings. The van der Waals surface area contributed by atoms with Crippen LogP contribution in [0.15, 0.2) is 18.7 Å². The maximum absolute atomic E-state index is 11.4. The van der Waals surface area contributed by atoms with Crippen molar-refractivity contribution in [3.05, 3.63) is 18.7 Å². The fraction of sp³-hybridized carbons (Fsp3) is 0.600. The number of carbonyl (C=O) groups excluding carboxylic acids is 1. The van der Waals surface area contributed by atoms with Crippen LogP contribution in [0.25, 0.3) is 0 Å². The number of hydrogen-bond acceptors (Lipinski definition) is 3. The Morgan fingerprint density at radius 1 is 1.60 bits per heavy atom. The molecule has 1 amide bonds. The lowest BCUT2D eigenvalue weighted by atomic mass is 10.0. The summed E-state index contributed by atoms with van der Waals surface area (Å²) in [5.41, 5.74) is 5.28. The topological polar surface area (TPSA) is 72.9 Å². The summed E-state index contributed by atoms with van der Waals surface area (Å²) >= 11 is 0. The lowest BCUT2D eigenvalue weighted by Crippen LogP contribution is -2.39. The second-order valence-corrected chi connectivity index (χ2v) is 4.32. The van der Waals surface area contributed by atoms with Gasteiger partial charge in [0.1, 0.15) is 0 Å². The van der Waals surface area contributed by atoms with Gasteiger partial charge in [-0.25, -0.2) is 4.98 Å². The van der Waals surface area contributed by atoms with E-state index in [4.69, 9.17) is 5.73 Å². The molecule has 0 aliphatic carbocycles. The first-order valence-electron chi connectivity index (χ1n) is 4.99. The Balaban J connectivity index is 2.18. The van der Waals surface area contributed by atoms with Crippen LogP contribution in [0, 0.1) is 0 Å². The largest absolute Gasteiger partial charge is 0.354 e. The quantitative estimate of drug-likeness (QED) is 0.725. The highest BCUT2D eigenvalue weighted by molar-refractivity contribution is 5.76. The maximum atomic E-state index is 11.4. The van der Waals surface area contributed by atoms with Gasteiger partial charge in [-0.15, -0.1) is 0 Å². The van der Waals surface area contributed by atoms with Crippen LogP contribution < -0.4 is 11.1 Å². The molecule has 15 heavy (non-hydrogen) atoms. The van der Waals surface area contributed by atoms with E-state index in [-0.39, 0.29) is 5.91 Å². The number of rotatable bonds is 5. The van der Waals surface area contributed by atoms with E-state index >= 15 is 0 Å². The van der Waals surface area contributed by atoms with Crippen LogP contribution in [-0.2, 0) is 11.3 Å². The van der Waals surface area contributed by atoms with E-state index in [2.05, 4.69) is 10.3 Å². The summed E-state index contributed by atoms with van der Waals surface area (Å²) < 4.78 is 1.91. The smallest absolute Gasteiger partial charge is 0.221 e. The van der Waals surface area contributed by atoms with Crippen LogP contribution in [0.4, 0.5) is 0 Å². The predicted octanol–water partition coefficient (Wildman–Crippen LogP) is 0.127. The second-order valence-electron chi connectivity index (χ2n) is 4.32. The summed E-state index contributed by atoms with van der Waals surface area (Å²) in [6.45, 7) is 5.01. The van der Waals surface area contributed by atoms with E-state index < -0.39 is 5.54 Å². The molecule has 0 saturated carbocycles. The number of nitrogens with one attached hydrogen (secondary N) is 1. The van der Waals surface area contributed by atoms with Crippen molar-refractivity contribution in [3.8, 4) is 0 Å². The Bertz CT molecular complexity index is 300. The fourth-order valence-electron chi connectivity index (χ4n) is 1.22. The minimum Gasteiger partial charge on any atom is -0.354 e. The first-order valence-corrected chi connectivity index (χ1v) is 4.99. The first kappa shape index (κ1) is 11.7. The third-order valence-electron chi connectivity index (χ3n) is 1.87. The molecule has 0 unspecified atom stereocenters. The SMILES string of the molecule is CC(C)(N)CC(=O)NCCn1ccnc1. The molecule has 0 aliphatic rings. The summed E-state index contributed by atoms with van der Waals surface area (Å²) in [7, 11) is 0. The minimum atomic E-state index is -0.445. The van der Waals surface area contributed by atoms with Gasteiger partial charge in [0.25, 0.3) is 0 Å². The van der Waals surface area contributed by atoms with Crippen LogP contribution in [0.2, 0.25) is 0 Å². The zero-order valence-corrected chi connectivity index (χ0v) is 9.23. The van der Waals surface area contributed by atoms with E-state index in [1.54, 1.807) is 12.5 Å². The highest BCUT2D eigenvalue weighted by atomic mass is 16.1. The fourth-order valence-corrected chi connectivity index (χ4v) is 1.22. The molecule has 1 aromatic heterocycles. The van der Waals surface area contributed by atoms with Crippen molar-refractivity contribution in [2.75, 3.05) is 6.54 Å². The van der Waals surface area contributed by atoms with Gasteiger partial charge in [-0.1, -0.05) is 0 Å². The molecule has 0 radical (unpaired) electrons. The van der Waals surface area contributed by atoms with Gasteiger partial charge in [-0.2, -0.15) is 0 Å². The third-order valence-corrected chi connectivity index (χ3v) is 1.87. The van der Waals surface area contributed by atoms with Gasteiger partial charge in [0.2, 0.25) is 5.91 Å². The van der Waals surface area contributed by atoms with Gasteiger partial charge in [-0.3, -0.25) is 4.79 Å². The van der Waals surface area contributed by atoms with Crippen molar-refractivity contribution in [3.63, 3.8) is 0 Å². The first-order chi connectivity index (χ1) is 6.97. The monoisotopic (exact) mass is 210 g/mol. The van der Waals surface area contributed by atoms with Gasteiger partial charge in [-0.05, 0) is 13.8 Å². The van der Waals surface area contributed by atoms with Crippen molar-refractivity contribution in [1.29, 1.82) is 0 Å². The Kier molecular flexibility index (Phi) is 3.85. The molecule has 0 atom stereocenters. The van der Waals surface area contributed by atoms with E-state index in [1.807, 2.05) is 24.6 Å². The van der Waals surface area contributed by atoms with Crippen molar-refractivity contribution >= 4 is 5.91 Å². The van der Waals surface area contributed by atoms with Crippen molar-refractivity contribution < 1.29 is 4.79 Å². The van der Waals surface area contributed by atoms with Crippen molar-refractivity contribution in [2.24, 2.45) is 5.73 Å². The highest BCUT2D eigenvalue weighted by Gasteiger charge is 2.15.